The first-order valence-electron chi connectivity index (χ1n) is 10.0. The molecule has 1 saturated heterocycles. The molecule has 2 aromatic rings. The van der Waals surface area contributed by atoms with Gasteiger partial charge in [0.05, 0.1) is 30.5 Å². The van der Waals surface area contributed by atoms with Crippen LogP contribution in [0, 0.1) is 17.1 Å². The molecule has 1 aliphatic heterocycles. The number of carbonyl (C=O) groups excluding carboxylic acids is 1. The highest BCUT2D eigenvalue weighted by Crippen LogP contribution is 2.36. The average molecular weight is 428 g/mol. The number of hydrogen-bond acceptors (Lipinski definition) is 7. The number of ether oxygens (including phenoxy) is 3. The SMILES string of the molecule is COc1c(OC2CCN(C(=O)OC(C)C)CC2)ccnc1Nc1ccc(C#N)cc1F. The Hall–Kier alpha value is -3.54. The molecule has 3 rings (SSSR count). The average Bonchev–Trinajstić information content (AvgIpc) is 2.75. The van der Waals surface area contributed by atoms with E-state index in [1.165, 1.54) is 25.4 Å². The summed E-state index contributed by atoms with van der Waals surface area (Å²) in [5.41, 5.74) is 0.391. The molecular formula is C22H25FN4O4. The summed E-state index contributed by atoms with van der Waals surface area (Å²) in [5, 5.41) is 11.8. The number of hydrogen-bond donors (Lipinski definition) is 1. The van der Waals surface area contributed by atoms with E-state index < -0.39 is 5.82 Å². The number of pyridine rings is 1. The zero-order valence-electron chi connectivity index (χ0n) is 17.7. The Bertz CT molecular complexity index is 968. The number of amides is 1. The number of aromatic nitrogens is 1. The quantitative estimate of drug-likeness (QED) is 0.735. The predicted octanol–water partition coefficient (Wildman–Crippen LogP) is 4.23. The molecule has 1 fully saturated rings. The summed E-state index contributed by atoms with van der Waals surface area (Å²) in [5.74, 6) is 0.529. The van der Waals surface area contributed by atoms with Crippen molar-refractivity contribution in [3.8, 4) is 17.6 Å². The van der Waals surface area contributed by atoms with E-state index in [2.05, 4.69) is 10.3 Å². The van der Waals surface area contributed by atoms with E-state index in [1.54, 1.807) is 11.0 Å². The lowest BCUT2D eigenvalue weighted by Crippen LogP contribution is -2.42. The summed E-state index contributed by atoms with van der Waals surface area (Å²) in [7, 11) is 1.48. The molecule has 2 heterocycles. The number of carbonyl (C=O) groups is 1. The van der Waals surface area contributed by atoms with Crippen LogP contribution in [0.25, 0.3) is 0 Å². The predicted molar refractivity (Wildman–Crippen MR) is 112 cm³/mol. The van der Waals surface area contributed by atoms with Gasteiger partial charge in [-0.1, -0.05) is 0 Å². The van der Waals surface area contributed by atoms with Gasteiger partial charge in [-0.15, -0.1) is 0 Å². The Labute approximate surface area is 180 Å². The first kappa shape index (κ1) is 22.2. The molecule has 0 spiro atoms. The molecule has 1 aromatic carbocycles. The van der Waals surface area contributed by atoms with Crippen LogP contribution in [0.5, 0.6) is 11.5 Å². The summed E-state index contributed by atoms with van der Waals surface area (Å²) in [6.07, 6.45) is 2.24. The van der Waals surface area contributed by atoms with Crippen molar-refractivity contribution in [2.45, 2.75) is 38.9 Å². The molecule has 1 amide bonds. The van der Waals surface area contributed by atoms with Crippen LogP contribution in [0.4, 0.5) is 20.7 Å². The first-order chi connectivity index (χ1) is 14.9. The lowest BCUT2D eigenvalue weighted by atomic mass is 10.1. The van der Waals surface area contributed by atoms with E-state index in [0.717, 1.165) is 6.07 Å². The number of benzene rings is 1. The number of methoxy groups -OCH3 is 1. The normalized spacial score (nSPS) is 14.1. The number of nitriles is 1. The minimum atomic E-state index is -0.574. The van der Waals surface area contributed by atoms with Crippen molar-refractivity contribution >= 4 is 17.6 Å². The van der Waals surface area contributed by atoms with Crippen LogP contribution in [0.15, 0.2) is 30.5 Å². The van der Waals surface area contributed by atoms with Crippen LogP contribution in [0.3, 0.4) is 0 Å². The van der Waals surface area contributed by atoms with E-state index in [9.17, 15) is 9.18 Å². The molecule has 31 heavy (non-hydrogen) atoms. The molecule has 8 nitrogen and oxygen atoms in total. The number of rotatable bonds is 6. The summed E-state index contributed by atoms with van der Waals surface area (Å²) < 4.78 is 31.1. The fraction of sp³-hybridized carbons (Fsp3) is 0.409. The highest BCUT2D eigenvalue weighted by molar-refractivity contribution is 5.68. The summed E-state index contributed by atoms with van der Waals surface area (Å²) >= 11 is 0. The molecule has 164 valence electrons. The van der Waals surface area contributed by atoms with Gasteiger partial charge in [0.25, 0.3) is 0 Å². The third kappa shape index (κ3) is 5.54. The number of nitrogens with zero attached hydrogens (tertiary/aromatic N) is 3. The standard InChI is InChI=1S/C22H25FN4O4/c1-14(2)30-22(28)27-10-7-16(8-11-27)31-19-6-9-25-21(20(19)29-3)26-18-5-4-15(13-24)12-17(18)23/h4-6,9,12,14,16H,7-8,10-11H2,1-3H3,(H,25,26). The molecule has 9 heteroatoms. The number of nitrogens with one attached hydrogen (secondary N) is 1. The van der Waals surface area contributed by atoms with Crippen molar-refractivity contribution in [3.63, 3.8) is 0 Å². The zero-order valence-corrected chi connectivity index (χ0v) is 17.7. The summed E-state index contributed by atoms with van der Waals surface area (Å²) in [6.45, 7) is 4.70. The fourth-order valence-corrected chi connectivity index (χ4v) is 3.24. The smallest absolute Gasteiger partial charge is 0.410 e. The highest BCUT2D eigenvalue weighted by atomic mass is 19.1. The zero-order chi connectivity index (χ0) is 22.4. The molecule has 1 aromatic heterocycles. The first-order valence-corrected chi connectivity index (χ1v) is 10.0. The van der Waals surface area contributed by atoms with E-state index in [4.69, 9.17) is 19.5 Å². The third-order valence-corrected chi connectivity index (χ3v) is 4.75. The molecule has 0 bridgehead atoms. The van der Waals surface area contributed by atoms with Gasteiger partial charge in [0, 0.05) is 38.2 Å². The van der Waals surface area contributed by atoms with Crippen molar-refractivity contribution in [3.05, 3.63) is 41.8 Å². The lowest BCUT2D eigenvalue weighted by molar-refractivity contribution is 0.0511. The molecule has 0 aliphatic carbocycles. The number of likely N-dealkylation sites (tertiary alicyclic amines) is 1. The minimum Gasteiger partial charge on any atom is -0.490 e. The van der Waals surface area contributed by atoms with Gasteiger partial charge >= 0.3 is 6.09 Å². The van der Waals surface area contributed by atoms with Gasteiger partial charge in [0.15, 0.2) is 11.6 Å². The topological polar surface area (TPSA) is 96.7 Å². The van der Waals surface area contributed by atoms with E-state index in [0.29, 0.717) is 43.2 Å². The third-order valence-electron chi connectivity index (χ3n) is 4.75. The molecular weight excluding hydrogens is 403 g/mol. The number of halogens is 1. The second-order valence-electron chi connectivity index (χ2n) is 7.36. The fourth-order valence-electron chi connectivity index (χ4n) is 3.24. The maximum absolute atomic E-state index is 14.3. The van der Waals surface area contributed by atoms with Crippen LogP contribution in [-0.4, -0.2) is 48.4 Å². The maximum Gasteiger partial charge on any atom is 0.410 e. The monoisotopic (exact) mass is 428 g/mol. The summed E-state index contributed by atoms with van der Waals surface area (Å²) in [4.78, 5) is 17.9. The molecule has 1 N–H and O–H groups in total. The number of piperidine rings is 1. The van der Waals surface area contributed by atoms with Crippen LogP contribution in [-0.2, 0) is 4.74 Å². The van der Waals surface area contributed by atoms with Gasteiger partial charge in [-0.05, 0) is 32.0 Å². The van der Waals surface area contributed by atoms with Crippen molar-refractivity contribution in [2.75, 3.05) is 25.5 Å². The molecule has 1 aliphatic rings. The maximum atomic E-state index is 14.3. The van der Waals surface area contributed by atoms with Crippen molar-refractivity contribution in [1.82, 2.24) is 9.88 Å². The number of anilines is 2. The van der Waals surface area contributed by atoms with Gasteiger partial charge in [-0.3, -0.25) is 0 Å². The van der Waals surface area contributed by atoms with E-state index in [-0.39, 0.29) is 29.6 Å². The van der Waals surface area contributed by atoms with E-state index in [1.807, 2.05) is 19.9 Å². The van der Waals surface area contributed by atoms with Gasteiger partial charge in [0.1, 0.15) is 11.9 Å². The summed E-state index contributed by atoms with van der Waals surface area (Å²) in [6, 6.07) is 7.70. The molecule has 0 saturated carbocycles. The Morgan fingerprint density at radius 1 is 1.32 bits per heavy atom. The van der Waals surface area contributed by atoms with Gasteiger partial charge in [0.2, 0.25) is 5.75 Å². The van der Waals surface area contributed by atoms with Crippen molar-refractivity contribution < 1.29 is 23.4 Å². The van der Waals surface area contributed by atoms with Crippen molar-refractivity contribution in [2.24, 2.45) is 0 Å². The van der Waals surface area contributed by atoms with Gasteiger partial charge in [-0.25, -0.2) is 14.2 Å². The highest BCUT2D eigenvalue weighted by Gasteiger charge is 2.26. The van der Waals surface area contributed by atoms with E-state index >= 15 is 0 Å². The Balaban J connectivity index is 1.68. The molecule has 0 unspecified atom stereocenters. The van der Waals surface area contributed by atoms with Gasteiger partial charge < -0.3 is 24.4 Å². The second-order valence-corrected chi connectivity index (χ2v) is 7.36. The van der Waals surface area contributed by atoms with Crippen LogP contribution in [0.2, 0.25) is 0 Å². The van der Waals surface area contributed by atoms with Crippen molar-refractivity contribution in [1.29, 1.82) is 5.26 Å². The van der Waals surface area contributed by atoms with Crippen LogP contribution < -0.4 is 14.8 Å². The largest absolute Gasteiger partial charge is 0.490 e. The lowest BCUT2D eigenvalue weighted by Gasteiger charge is -2.32. The Morgan fingerprint density at radius 3 is 2.68 bits per heavy atom. The Morgan fingerprint density at radius 2 is 2.06 bits per heavy atom. The van der Waals surface area contributed by atoms with Crippen LogP contribution >= 0.6 is 0 Å². The molecule has 0 radical (unpaired) electrons. The Kier molecular flexibility index (Phi) is 7.13. The second kappa shape index (κ2) is 9.98. The molecule has 0 atom stereocenters. The van der Waals surface area contributed by atoms with Crippen LogP contribution in [0.1, 0.15) is 32.3 Å². The minimum absolute atomic E-state index is 0.112. The van der Waals surface area contributed by atoms with Gasteiger partial charge in [-0.2, -0.15) is 5.26 Å².